The van der Waals surface area contributed by atoms with Gasteiger partial charge in [-0.2, -0.15) is 0 Å². The van der Waals surface area contributed by atoms with Crippen LogP contribution in [0, 0.1) is 5.41 Å². The van der Waals surface area contributed by atoms with Gasteiger partial charge >= 0.3 is 0 Å². The van der Waals surface area contributed by atoms with Crippen molar-refractivity contribution in [3.63, 3.8) is 0 Å². The predicted molar refractivity (Wildman–Crippen MR) is 103 cm³/mol. The summed E-state index contributed by atoms with van der Waals surface area (Å²) >= 11 is 0. The number of nitrogens with zero attached hydrogens (tertiary/aromatic N) is 1. The fourth-order valence-corrected chi connectivity index (χ4v) is 4.16. The van der Waals surface area contributed by atoms with Gasteiger partial charge in [-0.1, -0.05) is 25.5 Å². The normalized spacial score (nSPS) is 20.5. The second-order valence-electron chi connectivity index (χ2n) is 8.02. The van der Waals surface area contributed by atoms with Crippen LogP contribution in [0.3, 0.4) is 0 Å². The van der Waals surface area contributed by atoms with Crippen molar-refractivity contribution in [2.75, 3.05) is 18.0 Å². The summed E-state index contributed by atoms with van der Waals surface area (Å²) in [6.45, 7) is 8.68. The van der Waals surface area contributed by atoms with Crippen molar-refractivity contribution in [2.45, 2.75) is 52.9 Å². The van der Waals surface area contributed by atoms with Crippen LogP contribution in [0.2, 0.25) is 0 Å². The van der Waals surface area contributed by atoms with Gasteiger partial charge in [0.2, 0.25) is 0 Å². The van der Waals surface area contributed by atoms with Crippen molar-refractivity contribution < 1.29 is 9.90 Å². The Balaban J connectivity index is 1.79. The largest absolute Gasteiger partial charge is 0.507 e. The first-order valence-electron chi connectivity index (χ1n) is 9.39. The van der Waals surface area contributed by atoms with Gasteiger partial charge in [-0.25, -0.2) is 0 Å². The number of aromatic hydroxyl groups is 1. The minimum atomic E-state index is -0.132. The second-order valence-corrected chi connectivity index (χ2v) is 8.02. The van der Waals surface area contributed by atoms with Crippen molar-refractivity contribution in [1.82, 2.24) is 0 Å². The summed E-state index contributed by atoms with van der Waals surface area (Å²) in [5.41, 5.74) is 4.13. The number of phenolic OH excluding ortho intramolecular Hbond substituents is 1. The van der Waals surface area contributed by atoms with E-state index in [-0.39, 0.29) is 16.9 Å². The first-order chi connectivity index (χ1) is 11.9. The molecule has 0 amide bonds. The maximum absolute atomic E-state index is 12.6. The summed E-state index contributed by atoms with van der Waals surface area (Å²) in [5, 5.41) is 10.3. The molecule has 0 unspecified atom stereocenters. The Hall–Kier alpha value is -2.03. The Morgan fingerprint density at radius 2 is 1.92 bits per heavy atom. The molecule has 3 rings (SSSR count). The van der Waals surface area contributed by atoms with E-state index in [1.807, 2.05) is 12.1 Å². The maximum Gasteiger partial charge on any atom is 0.189 e. The molecule has 25 heavy (non-hydrogen) atoms. The number of rotatable bonds is 4. The third-order valence-corrected chi connectivity index (χ3v) is 5.66. The van der Waals surface area contributed by atoms with Crippen LogP contribution in [-0.4, -0.2) is 24.0 Å². The first kappa shape index (κ1) is 17.8. The second kappa shape index (κ2) is 7.07. The molecule has 1 aliphatic carbocycles. The van der Waals surface area contributed by atoms with E-state index in [2.05, 4.69) is 25.7 Å². The molecule has 1 N–H and O–H groups in total. The van der Waals surface area contributed by atoms with E-state index in [1.165, 1.54) is 30.4 Å². The molecule has 0 bridgehead atoms. The predicted octanol–water partition coefficient (Wildman–Crippen LogP) is 5.26. The molecular weight excluding hydrogens is 310 g/mol. The number of benzene rings is 1. The van der Waals surface area contributed by atoms with Gasteiger partial charge in [0, 0.05) is 24.8 Å². The molecule has 0 atom stereocenters. The Bertz CT molecular complexity index is 722. The van der Waals surface area contributed by atoms with Gasteiger partial charge in [-0.05, 0) is 68.2 Å². The van der Waals surface area contributed by atoms with Crippen molar-refractivity contribution in [1.29, 1.82) is 0 Å². The molecule has 3 nitrogen and oxygen atoms in total. The van der Waals surface area contributed by atoms with Crippen molar-refractivity contribution in [3.05, 3.63) is 47.1 Å². The summed E-state index contributed by atoms with van der Waals surface area (Å²) in [6.07, 6.45) is 9.42. The van der Waals surface area contributed by atoms with Gasteiger partial charge in [0.25, 0.3) is 0 Å². The van der Waals surface area contributed by atoms with Gasteiger partial charge in [-0.15, -0.1) is 0 Å². The van der Waals surface area contributed by atoms with Gasteiger partial charge in [0.05, 0.1) is 5.56 Å². The van der Waals surface area contributed by atoms with Crippen LogP contribution < -0.4 is 4.90 Å². The summed E-state index contributed by atoms with van der Waals surface area (Å²) in [4.78, 5) is 14.8. The van der Waals surface area contributed by atoms with Crippen LogP contribution in [0.1, 0.15) is 63.2 Å². The van der Waals surface area contributed by atoms with Gasteiger partial charge in [0.15, 0.2) is 5.78 Å². The van der Waals surface area contributed by atoms with Crippen molar-refractivity contribution >= 4 is 11.5 Å². The molecule has 1 fully saturated rings. The highest BCUT2D eigenvalue weighted by molar-refractivity contribution is 6.07. The molecular formula is C22H29NO2. The third kappa shape index (κ3) is 3.81. The zero-order valence-electron chi connectivity index (χ0n) is 15.6. The Kier molecular flexibility index (Phi) is 5.03. The number of carbonyl (C=O) groups excluding carboxylic acids is 1. The Morgan fingerprint density at radius 3 is 2.56 bits per heavy atom. The van der Waals surface area contributed by atoms with E-state index >= 15 is 0 Å². The van der Waals surface area contributed by atoms with E-state index in [4.69, 9.17) is 0 Å². The Morgan fingerprint density at radius 1 is 1.20 bits per heavy atom. The summed E-state index contributed by atoms with van der Waals surface area (Å²) in [7, 11) is 0. The molecule has 134 valence electrons. The molecule has 1 aromatic carbocycles. The average Bonchev–Trinajstić information content (AvgIpc) is 3.08. The molecule has 2 aliphatic rings. The smallest absolute Gasteiger partial charge is 0.189 e. The first-order valence-corrected chi connectivity index (χ1v) is 9.39. The molecule has 1 aliphatic heterocycles. The molecule has 0 spiro atoms. The summed E-state index contributed by atoms with van der Waals surface area (Å²) in [6, 6.07) is 5.42. The molecule has 1 heterocycles. The van der Waals surface area contributed by atoms with Crippen LogP contribution in [0.25, 0.3) is 0 Å². The number of anilines is 1. The molecule has 1 saturated heterocycles. The van der Waals surface area contributed by atoms with Crippen LogP contribution in [0.15, 0.2) is 41.5 Å². The fourth-order valence-electron chi connectivity index (χ4n) is 4.16. The molecule has 0 saturated carbocycles. The number of ketones is 1. The van der Waals surface area contributed by atoms with Crippen LogP contribution >= 0.6 is 0 Å². The van der Waals surface area contributed by atoms with Gasteiger partial charge in [0.1, 0.15) is 5.75 Å². The van der Waals surface area contributed by atoms with Crippen LogP contribution in [0.5, 0.6) is 5.75 Å². The van der Waals surface area contributed by atoms with Gasteiger partial charge in [-0.3, -0.25) is 4.79 Å². The van der Waals surface area contributed by atoms with Crippen LogP contribution in [-0.2, 0) is 0 Å². The Labute approximate surface area is 151 Å². The van der Waals surface area contributed by atoms with E-state index in [9.17, 15) is 9.90 Å². The van der Waals surface area contributed by atoms with Crippen molar-refractivity contribution in [3.8, 4) is 5.75 Å². The fraction of sp³-hybridized carbons (Fsp3) is 0.500. The number of hydrogen-bond acceptors (Lipinski definition) is 3. The highest BCUT2D eigenvalue weighted by Crippen LogP contribution is 2.40. The molecule has 0 aromatic heterocycles. The lowest BCUT2D eigenvalue weighted by molar-refractivity contribution is 0.104. The van der Waals surface area contributed by atoms with E-state index in [0.717, 1.165) is 31.6 Å². The number of allylic oxidation sites excluding steroid dienone is 4. The quantitative estimate of drug-likeness (QED) is 0.601. The lowest BCUT2D eigenvalue weighted by atomic mass is 9.72. The topological polar surface area (TPSA) is 40.5 Å². The SMILES string of the molecule is CC1=C(/C=C/C(=O)c2ccc(N3CCCC3)cc2O)C(C)(C)CCC1. The van der Waals surface area contributed by atoms with E-state index in [1.54, 1.807) is 18.2 Å². The van der Waals surface area contributed by atoms with E-state index < -0.39 is 0 Å². The zero-order chi connectivity index (χ0) is 18.0. The minimum Gasteiger partial charge on any atom is -0.507 e. The standard InChI is InChI=1S/C22H29NO2/c1-16-7-6-12-22(2,3)19(16)10-11-20(24)18-9-8-17(15-21(18)25)23-13-4-5-14-23/h8-11,15,25H,4-7,12-14H2,1-3H3/b11-10+. The third-order valence-electron chi connectivity index (χ3n) is 5.66. The minimum absolute atomic E-state index is 0.0765. The summed E-state index contributed by atoms with van der Waals surface area (Å²) in [5.74, 6) is -0.0557. The zero-order valence-corrected chi connectivity index (χ0v) is 15.6. The van der Waals surface area contributed by atoms with Crippen LogP contribution in [0.4, 0.5) is 5.69 Å². The summed E-state index contributed by atoms with van der Waals surface area (Å²) < 4.78 is 0. The van der Waals surface area contributed by atoms with Gasteiger partial charge < -0.3 is 10.0 Å². The molecule has 0 radical (unpaired) electrons. The highest BCUT2D eigenvalue weighted by atomic mass is 16.3. The number of carbonyl (C=O) groups is 1. The average molecular weight is 339 g/mol. The van der Waals surface area contributed by atoms with E-state index in [0.29, 0.717) is 5.56 Å². The molecule has 3 heteroatoms. The van der Waals surface area contributed by atoms with Crippen molar-refractivity contribution in [2.24, 2.45) is 5.41 Å². The number of hydrogen-bond donors (Lipinski definition) is 1. The maximum atomic E-state index is 12.6. The lowest BCUT2D eigenvalue weighted by Gasteiger charge is -2.32. The molecule has 1 aromatic rings. The monoisotopic (exact) mass is 339 g/mol. The highest BCUT2D eigenvalue weighted by Gasteiger charge is 2.26. The number of phenols is 1. The lowest BCUT2D eigenvalue weighted by Crippen LogP contribution is -2.19.